The van der Waals surface area contributed by atoms with Crippen LogP contribution in [-0.4, -0.2) is 58.3 Å². The van der Waals surface area contributed by atoms with Crippen molar-refractivity contribution in [2.24, 2.45) is 0 Å². The fourth-order valence-corrected chi connectivity index (χ4v) is 3.55. The molecule has 7 heteroatoms. The highest BCUT2D eigenvalue weighted by Crippen LogP contribution is 2.31. The molecule has 4 atom stereocenters. The predicted molar refractivity (Wildman–Crippen MR) is 136 cm³/mol. The molecule has 2 saturated heterocycles. The number of allylic oxidation sites excluding steroid dienone is 3. The largest absolute Gasteiger partial charge is 0.446 e. The van der Waals surface area contributed by atoms with E-state index in [4.69, 9.17) is 20.6 Å². The number of hydrogen-bond donors (Lipinski definition) is 2. The molecular weight excluding hydrogens is 432 g/mol. The van der Waals surface area contributed by atoms with Crippen LogP contribution < -0.4 is 4.74 Å². The summed E-state index contributed by atoms with van der Waals surface area (Å²) in [5.41, 5.74) is 4.05. The number of aliphatic hydroxyl groups is 2. The van der Waals surface area contributed by atoms with Gasteiger partial charge in [-0.3, -0.25) is 4.68 Å². The van der Waals surface area contributed by atoms with E-state index < -0.39 is 18.5 Å². The maximum Gasteiger partial charge on any atom is 0.238 e. The zero-order valence-corrected chi connectivity index (χ0v) is 21.8. The summed E-state index contributed by atoms with van der Waals surface area (Å²) >= 11 is 0. The minimum absolute atomic E-state index is 0.136. The molecule has 34 heavy (non-hydrogen) atoms. The van der Waals surface area contributed by atoms with Gasteiger partial charge in [-0.25, -0.2) is 0 Å². The summed E-state index contributed by atoms with van der Waals surface area (Å²) in [7, 11) is 0. The van der Waals surface area contributed by atoms with E-state index in [1.807, 2.05) is 38.5 Å². The number of aromatic nitrogens is 2. The van der Waals surface area contributed by atoms with Crippen molar-refractivity contribution in [3.63, 3.8) is 0 Å². The fraction of sp³-hybridized carbons (Fsp3) is 0.667. The van der Waals surface area contributed by atoms with Crippen LogP contribution in [0.25, 0.3) is 0 Å². The van der Waals surface area contributed by atoms with Crippen LogP contribution in [0, 0.1) is 19.3 Å². The Kier molecular flexibility index (Phi) is 13.8. The molecule has 2 aliphatic rings. The first-order valence-electron chi connectivity index (χ1n) is 12.2. The minimum atomic E-state index is -0.618. The topological polar surface area (TPSA) is 86.0 Å². The van der Waals surface area contributed by atoms with Crippen molar-refractivity contribution >= 4 is 0 Å². The van der Waals surface area contributed by atoms with E-state index in [2.05, 4.69) is 31.4 Å². The Morgan fingerprint density at radius 1 is 1.35 bits per heavy atom. The van der Waals surface area contributed by atoms with Crippen LogP contribution in [0.5, 0.6) is 5.88 Å². The molecule has 0 aromatic carbocycles. The van der Waals surface area contributed by atoms with Crippen molar-refractivity contribution in [2.75, 3.05) is 19.8 Å². The molecule has 192 valence electrons. The van der Waals surface area contributed by atoms with Gasteiger partial charge in [0.2, 0.25) is 12.2 Å². The Morgan fingerprint density at radius 2 is 2.03 bits per heavy atom. The third-order valence-electron chi connectivity index (χ3n) is 5.42. The van der Waals surface area contributed by atoms with Gasteiger partial charge in [0, 0.05) is 30.7 Å². The first-order chi connectivity index (χ1) is 16.2. The Labute approximate surface area is 205 Å². The Morgan fingerprint density at radius 3 is 2.50 bits per heavy atom. The van der Waals surface area contributed by atoms with Crippen molar-refractivity contribution in [1.82, 2.24) is 9.78 Å². The van der Waals surface area contributed by atoms with Crippen molar-refractivity contribution in [1.29, 1.82) is 0 Å². The summed E-state index contributed by atoms with van der Waals surface area (Å²) in [6.45, 7) is 17.3. The first kappa shape index (κ1) is 29.9. The van der Waals surface area contributed by atoms with E-state index in [1.54, 1.807) is 0 Å². The van der Waals surface area contributed by atoms with Gasteiger partial charge >= 0.3 is 0 Å². The average Bonchev–Trinajstić information content (AvgIpc) is 3.43. The smallest absolute Gasteiger partial charge is 0.238 e. The zero-order chi connectivity index (χ0) is 25.7. The van der Waals surface area contributed by atoms with Crippen LogP contribution in [0.1, 0.15) is 77.6 Å². The van der Waals surface area contributed by atoms with E-state index in [1.165, 1.54) is 6.42 Å². The fourth-order valence-electron chi connectivity index (χ4n) is 3.55. The maximum atomic E-state index is 9.98. The van der Waals surface area contributed by atoms with Crippen LogP contribution in [0.3, 0.4) is 0 Å². The molecule has 4 unspecified atom stereocenters. The second kappa shape index (κ2) is 15.7. The summed E-state index contributed by atoms with van der Waals surface area (Å²) < 4.78 is 19.2. The highest BCUT2D eigenvalue weighted by molar-refractivity contribution is 5.34. The molecule has 3 rings (SSSR count). The van der Waals surface area contributed by atoms with Gasteiger partial charge in [-0.05, 0) is 46.1 Å². The zero-order valence-electron chi connectivity index (χ0n) is 21.8. The summed E-state index contributed by atoms with van der Waals surface area (Å²) in [6.07, 6.45) is 8.92. The standard InChI is InChI=1S/C18H28N2O5.C6H8.C3H8/c1-11(2)6-16-12(3)20(13-4-5-23-10-13)19-18(16)25-17-8-14(22)7-15(9-21)24-17;1-4-6(3)5-2;1-3-2/h13-15,17,21-22H,1,4-10H2,2-3H3;1,5H,2-3H3;3H2,1-2H3/b;6-5-;. The van der Waals surface area contributed by atoms with Gasteiger partial charge < -0.3 is 24.4 Å². The van der Waals surface area contributed by atoms with E-state index in [9.17, 15) is 10.2 Å². The van der Waals surface area contributed by atoms with E-state index >= 15 is 0 Å². The highest BCUT2D eigenvalue weighted by Gasteiger charge is 2.32. The summed E-state index contributed by atoms with van der Waals surface area (Å²) in [4.78, 5) is 0. The van der Waals surface area contributed by atoms with Crippen molar-refractivity contribution < 1.29 is 24.4 Å². The number of hydrogen-bond acceptors (Lipinski definition) is 6. The van der Waals surface area contributed by atoms with Gasteiger partial charge in [0.25, 0.3) is 0 Å². The lowest BCUT2D eigenvalue weighted by Crippen LogP contribution is -2.40. The lowest BCUT2D eigenvalue weighted by molar-refractivity contribution is -0.186. The number of nitrogens with zero attached hydrogens (tertiary/aromatic N) is 2. The van der Waals surface area contributed by atoms with Crippen molar-refractivity contribution in [2.45, 2.75) is 98.2 Å². The molecule has 3 heterocycles. The lowest BCUT2D eigenvalue weighted by Gasteiger charge is -2.31. The van der Waals surface area contributed by atoms with Gasteiger partial charge in [0.1, 0.15) is 0 Å². The van der Waals surface area contributed by atoms with Crippen molar-refractivity contribution in [3.05, 3.63) is 35.1 Å². The third-order valence-corrected chi connectivity index (χ3v) is 5.42. The first-order valence-corrected chi connectivity index (χ1v) is 12.2. The van der Waals surface area contributed by atoms with Gasteiger partial charge in [-0.15, -0.1) is 11.5 Å². The van der Waals surface area contributed by atoms with E-state index in [0.717, 1.165) is 35.4 Å². The quantitative estimate of drug-likeness (QED) is 0.464. The molecule has 1 aromatic rings. The third kappa shape index (κ3) is 9.63. The normalized spacial score (nSPS) is 24.3. The summed E-state index contributed by atoms with van der Waals surface area (Å²) in [6, 6.07) is 0.212. The summed E-state index contributed by atoms with van der Waals surface area (Å²) in [5, 5.41) is 24.0. The predicted octanol–water partition coefficient (Wildman–Crippen LogP) is 4.51. The van der Waals surface area contributed by atoms with Crippen LogP contribution in [0.15, 0.2) is 23.8 Å². The molecule has 0 saturated carbocycles. The SMILES string of the molecule is C#C/C(C)=C\C.C=C(C)Cc1c(OC2CC(O)CC(CO)O2)nn(C2CCOC2)c1C.CCC. The molecule has 0 radical (unpaired) electrons. The minimum Gasteiger partial charge on any atom is -0.446 e. The van der Waals surface area contributed by atoms with Gasteiger partial charge in [0.15, 0.2) is 0 Å². The van der Waals surface area contributed by atoms with Crippen LogP contribution in [0.2, 0.25) is 0 Å². The number of rotatable bonds is 6. The Hall–Kier alpha value is -2.11. The Balaban J connectivity index is 0.000000551. The number of aliphatic hydroxyl groups excluding tert-OH is 2. The number of ether oxygens (including phenoxy) is 3. The van der Waals surface area contributed by atoms with Crippen LogP contribution in [0.4, 0.5) is 0 Å². The monoisotopic (exact) mass is 476 g/mol. The summed E-state index contributed by atoms with van der Waals surface area (Å²) in [5.74, 6) is 2.99. The maximum absolute atomic E-state index is 9.98. The molecular formula is C27H44N2O5. The second-order valence-electron chi connectivity index (χ2n) is 8.90. The molecule has 0 spiro atoms. The molecule has 0 aliphatic carbocycles. The van der Waals surface area contributed by atoms with E-state index in [0.29, 0.717) is 31.7 Å². The average molecular weight is 477 g/mol. The van der Waals surface area contributed by atoms with E-state index in [-0.39, 0.29) is 12.6 Å². The molecule has 0 amide bonds. The number of terminal acetylenes is 1. The highest BCUT2D eigenvalue weighted by atomic mass is 16.7. The van der Waals surface area contributed by atoms with Gasteiger partial charge in [-0.1, -0.05) is 44.4 Å². The molecule has 2 fully saturated rings. The molecule has 1 aromatic heterocycles. The van der Waals surface area contributed by atoms with Gasteiger partial charge in [0.05, 0.1) is 31.5 Å². The van der Waals surface area contributed by atoms with Crippen LogP contribution in [-0.2, 0) is 15.9 Å². The molecule has 0 bridgehead atoms. The molecule has 2 N–H and O–H groups in total. The van der Waals surface area contributed by atoms with Crippen molar-refractivity contribution in [3.8, 4) is 18.2 Å². The van der Waals surface area contributed by atoms with Crippen LogP contribution >= 0.6 is 0 Å². The molecule has 7 nitrogen and oxygen atoms in total. The molecule has 2 aliphatic heterocycles. The lowest BCUT2D eigenvalue weighted by atomic mass is 10.1. The second-order valence-corrected chi connectivity index (χ2v) is 8.90. The Bertz CT molecular complexity index is 818. The van der Waals surface area contributed by atoms with Gasteiger partial charge in [-0.2, -0.15) is 0 Å².